The van der Waals surface area contributed by atoms with Crippen LogP contribution in [0.3, 0.4) is 0 Å². The van der Waals surface area contributed by atoms with Crippen LogP contribution >= 0.6 is 0 Å². The van der Waals surface area contributed by atoms with Gasteiger partial charge >= 0.3 is 0 Å². The molecule has 4 nitrogen and oxygen atoms in total. The minimum absolute atomic E-state index is 0.183. The number of carbonyl (C=O) groups is 1. The number of hydrogen-bond acceptors (Lipinski definition) is 3. The predicted octanol–water partition coefficient (Wildman–Crippen LogP) is 2.51. The average molecular weight is 262 g/mol. The number of nitrogens with zero attached hydrogens (tertiary/aromatic N) is 1. The molecular weight excluding hydrogens is 240 g/mol. The van der Waals surface area contributed by atoms with Gasteiger partial charge in [0.1, 0.15) is 5.75 Å². The van der Waals surface area contributed by atoms with Crippen molar-refractivity contribution < 1.29 is 9.53 Å². The van der Waals surface area contributed by atoms with Crippen molar-refractivity contribution in [3.8, 4) is 5.75 Å². The Morgan fingerprint density at radius 3 is 2.74 bits per heavy atom. The molecule has 1 saturated heterocycles. The maximum atomic E-state index is 12.1. The van der Waals surface area contributed by atoms with Crippen molar-refractivity contribution in [2.45, 2.75) is 32.2 Å². The maximum absolute atomic E-state index is 12.1. The third kappa shape index (κ3) is 3.63. The van der Waals surface area contributed by atoms with Crippen LogP contribution in [0.2, 0.25) is 0 Å². The average Bonchev–Trinajstić information content (AvgIpc) is 2.46. The van der Waals surface area contributed by atoms with Crippen LogP contribution < -0.4 is 10.1 Å². The fourth-order valence-corrected chi connectivity index (χ4v) is 2.46. The number of likely N-dealkylation sites (tertiary alicyclic amines) is 1. The largest absolute Gasteiger partial charge is 0.497 e. The lowest BCUT2D eigenvalue weighted by atomic mass is 10.0. The fourth-order valence-electron chi connectivity index (χ4n) is 2.46. The summed E-state index contributed by atoms with van der Waals surface area (Å²) in [6, 6.07) is 7.99. The summed E-state index contributed by atoms with van der Waals surface area (Å²) >= 11 is 0. The molecule has 104 valence electrons. The van der Waals surface area contributed by atoms with Gasteiger partial charge in [0.25, 0.3) is 0 Å². The van der Waals surface area contributed by atoms with E-state index in [1.54, 1.807) is 7.11 Å². The van der Waals surface area contributed by atoms with Gasteiger partial charge < -0.3 is 15.0 Å². The highest BCUT2D eigenvalue weighted by Gasteiger charge is 2.22. The predicted molar refractivity (Wildman–Crippen MR) is 76.5 cm³/mol. The molecule has 2 rings (SSSR count). The second kappa shape index (κ2) is 6.45. The van der Waals surface area contributed by atoms with Gasteiger partial charge in [-0.25, -0.2) is 0 Å². The number of hydrogen-bond donors (Lipinski definition) is 1. The maximum Gasteiger partial charge on any atom is 0.242 e. The second-order valence-electron chi connectivity index (χ2n) is 5.01. The number of ether oxygens (including phenoxy) is 1. The van der Waals surface area contributed by atoms with Gasteiger partial charge in [-0.3, -0.25) is 4.79 Å². The van der Waals surface area contributed by atoms with Crippen LogP contribution in [-0.2, 0) is 4.79 Å². The van der Waals surface area contributed by atoms with Crippen LogP contribution in [0.25, 0.3) is 0 Å². The molecule has 0 spiro atoms. The zero-order chi connectivity index (χ0) is 13.7. The van der Waals surface area contributed by atoms with E-state index in [9.17, 15) is 4.79 Å². The van der Waals surface area contributed by atoms with Crippen molar-refractivity contribution in [1.82, 2.24) is 4.90 Å². The molecule has 1 aliphatic rings. The zero-order valence-electron chi connectivity index (χ0n) is 11.7. The minimum Gasteiger partial charge on any atom is -0.497 e. The molecule has 0 bridgehead atoms. The lowest BCUT2D eigenvalue weighted by Gasteiger charge is -2.33. The van der Waals surface area contributed by atoms with Gasteiger partial charge in [-0.2, -0.15) is 0 Å². The van der Waals surface area contributed by atoms with Crippen LogP contribution in [0, 0.1) is 0 Å². The molecule has 19 heavy (non-hydrogen) atoms. The lowest BCUT2D eigenvalue weighted by molar-refractivity contribution is -0.132. The summed E-state index contributed by atoms with van der Waals surface area (Å²) in [6.45, 7) is 3.38. The Hall–Kier alpha value is -1.71. The molecule has 1 heterocycles. The monoisotopic (exact) mass is 262 g/mol. The molecule has 0 aromatic heterocycles. The minimum atomic E-state index is 0.183. The number of methoxy groups -OCH3 is 1. The molecule has 4 heteroatoms. The smallest absolute Gasteiger partial charge is 0.242 e. The van der Waals surface area contributed by atoms with Gasteiger partial charge in [-0.05, 0) is 50.5 Å². The number of benzene rings is 1. The molecule has 0 saturated carbocycles. The van der Waals surface area contributed by atoms with Crippen molar-refractivity contribution in [1.29, 1.82) is 0 Å². The lowest BCUT2D eigenvalue weighted by Crippen LogP contribution is -2.44. The number of amides is 1. The van der Waals surface area contributed by atoms with Gasteiger partial charge in [0.05, 0.1) is 13.7 Å². The highest BCUT2D eigenvalue weighted by molar-refractivity contribution is 5.81. The standard InChI is InChI=1S/C15H22N2O2/c1-12-5-3-4-10-17(12)15(18)11-16-13-6-8-14(19-2)9-7-13/h6-9,12,16H,3-5,10-11H2,1-2H3. The molecule has 1 atom stereocenters. The summed E-state index contributed by atoms with van der Waals surface area (Å²) in [4.78, 5) is 14.1. The van der Waals surface area contributed by atoms with Gasteiger partial charge in [0.2, 0.25) is 5.91 Å². The van der Waals surface area contributed by atoms with E-state index in [0.29, 0.717) is 12.6 Å². The number of carbonyl (C=O) groups excluding carboxylic acids is 1. The van der Waals surface area contributed by atoms with E-state index >= 15 is 0 Å². The number of rotatable bonds is 4. The Balaban J connectivity index is 1.85. The Labute approximate surface area is 114 Å². The van der Waals surface area contributed by atoms with E-state index < -0.39 is 0 Å². The van der Waals surface area contributed by atoms with Crippen molar-refractivity contribution >= 4 is 11.6 Å². The van der Waals surface area contributed by atoms with E-state index in [4.69, 9.17) is 4.74 Å². The molecular formula is C15H22N2O2. The van der Waals surface area contributed by atoms with E-state index in [2.05, 4.69) is 12.2 Å². The van der Waals surface area contributed by atoms with Gasteiger partial charge in [-0.1, -0.05) is 0 Å². The topological polar surface area (TPSA) is 41.6 Å². The first-order chi connectivity index (χ1) is 9.20. The van der Waals surface area contributed by atoms with Crippen molar-refractivity contribution in [2.75, 3.05) is 25.5 Å². The number of nitrogens with one attached hydrogen (secondary N) is 1. The summed E-state index contributed by atoms with van der Waals surface area (Å²) in [6.07, 6.45) is 3.48. The molecule has 1 aromatic carbocycles. The molecule has 1 amide bonds. The number of anilines is 1. The highest BCUT2D eigenvalue weighted by Crippen LogP contribution is 2.17. The van der Waals surface area contributed by atoms with Crippen LogP contribution in [-0.4, -0.2) is 37.0 Å². The Morgan fingerprint density at radius 1 is 1.37 bits per heavy atom. The molecule has 1 N–H and O–H groups in total. The molecule has 0 radical (unpaired) electrons. The van der Waals surface area contributed by atoms with E-state index in [1.807, 2.05) is 29.2 Å². The van der Waals surface area contributed by atoms with Crippen molar-refractivity contribution in [2.24, 2.45) is 0 Å². The Kier molecular flexibility index (Phi) is 4.66. The molecule has 1 unspecified atom stereocenters. The third-order valence-electron chi connectivity index (χ3n) is 3.66. The van der Waals surface area contributed by atoms with Crippen molar-refractivity contribution in [3.63, 3.8) is 0 Å². The first-order valence-corrected chi connectivity index (χ1v) is 6.88. The quantitative estimate of drug-likeness (QED) is 0.906. The van der Waals surface area contributed by atoms with Crippen LogP contribution in [0.1, 0.15) is 26.2 Å². The second-order valence-corrected chi connectivity index (χ2v) is 5.01. The summed E-state index contributed by atoms with van der Waals surface area (Å²) in [5, 5.41) is 3.17. The number of piperidine rings is 1. The van der Waals surface area contributed by atoms with E-state index in [-0.39, 0.29) is 5.91 Å². The summed E-state index contributed by atoms with van der Waals surface area (Å²) in [5.41, 5.74) is 0.943. The Bertz CT molecular complexity index is 417. The summed E-state index contributed by atoms with van der Waals surface area (Å²) in [7, 11) is 1.64. The first kappa shape index (κ1) is 13.7. The van der Waals surface area contributed by atoms with Gasteiger partial charge in [0.15, 0.2) is 0 Å². The van der Waals surface area contributed by atoms with E-state index in [0.717, 1.165) is 30.8 Å². The van der Waals surface area contributed by atoms with Crippen molar-refractivity contribution in [3.05, 3.63) is 24.3 Å². The summed E-state index contributed by atoms with van der Waals surface area (Å²) < 4.78 is 5.10. The molecule has 1 aromatic rings. The van der Waals surface area contributed by atoms with Crippen LogP contribution in [0.15, 0.2) is 24.3 Å². The fraction of sp³-hybridized carbons (Fsp3) is 0.533. The van der Waals surface area contributed by atoms with Crippen LogP contribution in [0.4, 0.5) is 5.69 Å². The highest BCUT2D eigenvalue weighted by atomic mass is 16.5. The molecule has 1 fully saturated rings. The first-order valence-electron chi connectivity index (χ1n) is 6.88. The van der Waals surface area contributed by atoms with Crippen LogP contribution in [0.5, 0.6) is 5.75 Å². The normalized spacial score (nSPS) is 19.1. The molecule has 1 aliphatic heterocycles. The van der Waals surface area contributed by atoms with Gasteiger partial charge in [-0.15, -0.1) is 0 Å². The van der Waals surface area contributed by atoms with E-state index in [1.165, 1.54) is 6.42 Å². The Morgan fingerprint density at radius 2 is 2.11 bits per heavy atom. The SMILES string of the molecule is COc1ccc(NCC(=O)N2CCCCC2C)cc1. The van der Waals surface area contributed by atoms with Gasteiger partial charge in [0, 0.05) is 18.3 Å². The third-order valence-corrected chi connectivity index (χ3v) is 3.66. The molecule has 0 aliphatic carbocycles. The zero-order valence-corrected chi connectivity index (χ0v) is 11.7. The summed E-state index contributed by atoms with van der Waals surface area (Å²) in [5.74, 6) is 1.00.